The van der Waals surface area contributed by atoms with Gasteiger partial charge in [0.15, 0.2) is 0 Å². The van der Waals surface area contributed by atoms with Crippen molar-refractivity contribution in [3.63, 3.8) is 0 Å². The van der Waals surface area contributed by atoms with Gasteiger partial charge in [0, 0.05) is 30.9 Å². The normalized spacial score (nSPS) is 21.1. The number of nitrogens with zero attached hydrogens (tertiary/aromatic N) is 2. The van der Waals surface area contributed by atoms with Crippen LogP contribution in [0.5, 0.6) is 0 Å². The van der Waals surface area contributed by atoms with E-state index in [4.69, 9.17) is 0 Å². The Morgan fingerprint density at radius 3 is 2.78 bits per heavy atom. The molecule has 1 aromatic heterocycles. The number of amides is 1. The fraction of sp³-hybridized carbons (Fsp3) is 0.684. The van der Waals surface area contributed by atoms with Crippen molar-refractivity contribution in [2.24, 2.45) is 5.92 Å². The summed E-state index contributed by atoms with van der Waals surface area (Å²) in [6, 6.07) is 5.24. The average Bonchev–Trinajstić information content (AvgIpc) is 3.38. The second-order valence-electron chi connectivity index (χ2n) is 7.27. The monoisotopic (exact) mass is 315 g/mol. The lowest BCUT2D eigenvalue weighted by Gasteiger charge is -2.36. The summed E-state index contributed by atoms with van der Waals surface area (Å²) in [6.45, 7) is 4.64. The van der Waals surface area contributed by atoms with Gasteiger partial charge in [-0.15, -0.1) is 0 Å². The van der Waals surface area contributed by atoms with Crippen molar-refractivity contribution in [2.45, 2.75) is 64.0 Å². The molecule has 1 saturated carbocycles. The van der Waals surface area contributed by atoms with Crippen LogP contribution in [0, 0.1) is 5.92 Å². The molecule has 0 bridgehead atoms. The van der Waals surface area contributed by atoms with Gasteiger partial charge in [0.25, 0.3) is 0 Å². The van der Waals surface area contributed by atoms with Crippen LogP contribution in [0.15, 0.2) is 24.5 Å². The van der Waals surface area contributed by atoms with Gasteiger partial charge in [-0.1, -0.05) is 6.07 Å². The van der Waals surface area contributed by atoms with Crippen molar-refractivity contribution in [3.8, 4) is 0 Å². The number of carbonyl (C=O) groups excluding carboxylic acids is 1. The Hall–Kier alpha value is -1.42. The smallest absolute Gasteiger partial charge is 0.220 e. The number of hydrogen-bond donors (Lipinski definition) is 1. The van der Waals surface area contributed by atoms with E-state index in [-0.39, 0.29) is 5.91 Å². The third kappa shape index (κ3) is 5.31. The van der Waals surface area contributed by atoms with Gasteiger partial charge in [0.2, 0.25) is 5.91 Å². The zero-order valence-electron chi connectivity index (χ0n) is 14.2. The molecule has 1 N–H and O–H groups in total. The molecule has 4 heteroatoms. The molecule has 1 saturated heterocycles. The minimum Gasteiger partial charge on any atom is -0.353 e. The minimum absolute atomic E-state index is 0.264. The minimum atomic E-state index is 0.264. The lowest BCUT2D eigenvalue weighted by molar-refractivity contribution is -0.121. The van der Waals surface area contributed by atoms with Crippen molar-refractivity contribution in [3.05, 3.63) is 30.1 Å². The van der Waals surface area contributed by atoms with Crippen molar-refractivity contribution >= 4 is 5.91 Å². The van der Waals surface area contributed by atoms with E-state index in [1.165, 1.54) is 31.2 Å². The van der Waals surface area contributed by atoms with Crippen molar-refractivity contribution in [1.82, 2.24) is 15.2 Å². The molecule has 3 rings (SSSR count). The number of nitrogens with one attached hydrogen (secondary N) is 1. The molecule has 0 spiro atoms. The molecule has 0 unspecified atom stereocenters. The first-order valence-electron chi connectivity index (χ1n) is 9.13. The van der Waals surface area contributed by atoms with Gasteiger partial charge >= 0.3 is 0 Å². The van der Waals surface area contributed by atoms with E-state index in [1.807, 2.05) is 18.5 Å². The van der Waals surface area contributed by atoms with Crippen LogP contribution in [0.25, 0.3) is 0 Å². The Morgan fingerprint density at radius 1 is 1.35 bits per heavy atom. The number of rotatable bonds is 7. The molecule has 4 nitrogen and oxygen atoms in total. The molecule has 1 atom stereocenters. The van der Waals surface area contributed by atoms with Crippen LogP contribution < -0.4 is 5.32 Å². The molecule has 0 aromatic carbocycles. The van der Waals surface area contributed by atoms with Gasteiger partial charge in [0.1, 0.15) is 0 Å². The molecule has 2 heterocycles. The largest absolute Gasteiger partial charge is 0.353 e. The predicted molar refractivity (Wildman–Crippen MR) is 92.1 cm³/mol. The van der Waals surface area contributed by atoms with Crippen LogP contribution in [-0.4, -0.2) is 41.0 Å². The summed E-state index contributed by atoms with van der Waals surface area (Å²) < 4.78 is 0. The number of carbonyl (C=O) groups is 1. The number of piperidine rings is 1. The third-order valence-electron chi connectivity index (χ3n) is 5.25. The van der Waals surface area contributed by atoms with Gasteiger partial charge in [-0.25, -0.2) is 0 Å². The molecular formula is C19H29N3O. The van der Waals surface area contributed by atoms with Crippen LogP contribution >= 0.6 is 0 Å². The number of hydrogen-bond acceptors (Lipinski definition) is 3. The van der Waals surface area contributed by atoms with E-state index in [9.17, 15) is 4.79 Å². The zero-order valence-corrected chi connectivity index (χ0v) is 14.2. The van der Waals surface area contributed by atoms with Crippen molar-refractivity contribution < 1.29 is 4.79 Å². The fourth-order valence-corrected chi connectivity index (χ4v) is 3.53. The molecular weight excluding hydrogens is 286 g/mol. The molecule has 1 aromatic rings. The topological polar surface area (TPSA) is 45.2 Å². The molecule has 2 fully saturated rings. The van der Waals surface area contributed by atoms with E-state index < -0.39 is 0 Å². The number of aromatic nitrogens is 1. The van der Waals surface area contributed by atoms with Gasteiger partial charge in [0.05, 0.1) is 0 Å². The number of pyridine rings is 1. The summed E-state index contributed by atoms with van der Waals surface area (Å²) in [6.07, 6.45) is 11.5. The van der Waals surface area contributed by atoms with Crippen LogP contribution in [0.4, 0.5) is 0 Å². The maximum atomic E-state index is 11.8. The quantitative estimate of drug-likeness (QED) is 0.841. The van der Waals surface area contributed by atoms with E-state index in [2.05, 4.69) is 28.2 Å². The van der Waals surface area contributed by atoms with Gasteiger partial charge < -0.3 is 10.2 Å². The first-order chi connectivity index (χ1) is 11.2. The van der Waals surface area contributed by atoms with E-state index in [0.29, 0.717) is 18.5 Å². The molecule has 1 aliphatic heterocycles. The first-order valence-corrected chi connectivity index (χ1v) is 9.13. The SMILES string of the molecule is C[C@@H](Cc1cccnc1)N1CCC(CCC(=O)NC2CC2)CC1. The first kappa shape index (κ1) is 16.4. The second kappa shape index (κ2) is 7.91. The molecule has 23 heavy (non-hydrogen) atoms. The van der Waals surface area contributed by atoms with E-state index in [1.54, 1.807) is 0 Å². The van der Waals surface area contributed by atoms with Crippen LogP contribution in [-0.2, 0) is 11.2 Å². The predicted octanol–water partition coefficient (Wildman–Crippen LogP) is 2.78. The molecule has 0 radical (unpaired) electrons. The Morgan fingerprint density at radius 2 is 2.13 bits per heavy atom. The lowest BCUT2D eigenvalue weighted by Crippen LogP contribution is -2.41. The number of likely N-dealkylation sites (tertiary alicyclic amines) is 1. The fourth-order valence-electron chi connectivity index (χ4n) is 3.53. The highest BCUT2D eigenvalue weighted by Crippen LogP contribution is 2.24. The molecule has 2 aliphatic rings. The van der Waals surface area contributed by atoms with E-state index in [0.717, 1.165) is 31.8 Å². The summed E-state index contributed by atoms with van der Waals surface area (Å²) in [5.74, 6) is 0.988. The second-order valence-corrected chi connectivity index (χ2v) is 7.27. The summed E-state index contributed by atoms with van der Waals surface area (Å²) in [5.41, 5.74) is 1.32. The summed E-state index contributed by atoms with van der Waals surface area (Å²) >= 11 is 0. The summed E-state index contributed by atoms with van der Waals surface area (Å²) in [5, 5.41) is 3.09. The highest BCUT2D eigenvalue weighted by atomic mass is 16.1. The molecule has 1 aliphatic carbocycles. The van der Waals surface area contributed by atoms with Gasteiger partial charge in [-0.05, 0) is 76.1 Å². The van der Waals surface area contributed by atoms with Crippen LogP contribution in [0.2, 0.25) is 0 Å². The maximum Gasteiger partial charge on any atom is 0.220 e. The summed E-state index contributed by atoms with van der Waals surface area (Å²) in [7, 11) is 0. The Labute approximate surface area is 139 Å². The zero-order chi connectivity index (χ0) is 16.1. The average molecular weight is 315 g/mol. The highest BCUT2D eigenvalue weighted by molar-refractivity contribution is 5.76. The lowest BCUT2D eigenvalue weighted by atomic mass is 9.91. The highest BCUT2D eigenvalue weighted by Gasteiger charge is 2.25. The molecule has 1 amide bonds. The van der Waals surface area contributed by atoms with E-state index >= 15 is 0 Å². The van der Waals surface area contributed by atoms with Gasteiger partial charge in [-0.2, -0.15) is 0 Å². The standard InChI is InChI=1S/C19H29N3O/c1-15(13-17-3-2-10-20-14-17)22-11-8-16(9-12-22)4-7-19(23)21-18-5-6-18/h2-3,10,14-16,18H,4-9,11-13H2,1H3,(H,21,23)/t15-/m0/s1. The molecule has 126 valence electrons. The van der Waals surface area contributed by atoms with Crippen LogP contribution in [0.3, 0.4) is 0 Å². The Kier molecular flexibility index (Phi) is 5.65. The summed E-state index contributed by atoms with van der Waals surface area (Å²) in [4.78, 5) is 18.6. The Balaban J connectivity index is 1.35. The van der Waals surface area contributed by atoms with Gasteiger partial charge in [-0.3, -0.25) is 9.78 Å². The Bertz CT molecular complexity index is 493. The third-order valence-corrected chi connectivity index (χ3v) is 5.25. The maximum absolute atomic E-state index is 11.8. The van der Waals surface area contributed by atoms with Crippen LogP contribution in [0.1, 0.15) is 51.0 Å². The van der Waals surface area contributed by atoms with Crippen molar-refractivity contribution in [2.75, 3.05) is 13.1 Å². The van der Waals surface area contributed by atoms with Crippen molar-refractivity contribution in [1.29, 1.82) is 0 Å².